The molecule has 0 fully saturated rings. The standard InChI is InChI=1S/C18H31N3O2S/c1-4-6-8-9-11-17(23)21(12-10-7-5-2)14-16(22)20-18-19-13-15(3)24-18/h13H,4-12,14H2,1-3H3,(H,19,20,22). The molecule has 136 valence electrons. The Hall–Kier alpha value is -1.43. The molecular formula is C18H31N3O2S. The highest BCUT2D eigenvalue weighted by Gasteiger charge is 2.17. The first-order chi connectivity index (χ1) is 11.6. The van der Waals surface area contributed by atoms with Crippen molar-refractivity contribution in [2.75, 3.05) is 18.4 Å². The Bertz CT molecular complexity index is 502. The zero-order chi connectivity index (χ0) is 17.8. The van der Waals surface area contributed by atoms with Crippen LogP contribution in [0.4, 0.5) is 5.13 Å². The Labute approximate surface area is 149 Å². The van der Waals surface area contributed by atoms with Gasteiger partial charge in [-0.05, 0) is 19.8 Å². The van der Waals surface area contributed by atoms with Crippen LogP contribution in [0.25, 0.3) is 0 Å². The van der Waals surface area contributed by atoms with Crippen LogP contribution in [0.5, 0.6) is 0 Å². The number of amides is 2. The predicted octanol–water partition coefficient (Wildman–Crippen LogP) is 4.38. The second kappa shape index (κ2) is 12.0. The van der Waals surface area contributed by atoms with E-state index in [9.17, 15) is 9.59 Å². The molecule has 0 saturated carbocycles. The van der Waals surface area contributed by atoms with Crippen LogP contribution >= 0.6 is 11.3 Å². The van der Waals surface area contributed by atoms with Crippen LogP contribution in [0.15, 0.2) is 6.20 Å². The van der Waals surface area contributed by atoms with Gasteiger partial charge >= 0.3 is 0 Å². The molecule has 0 aromatic carbocycles. The lowest BCUT2D eigenvalue weighted by molar-refractivity contribution is -0.134. The van der Waals surface area contributed by atoms with Crippen molar-refractivity contribution in [3.63, 3.8) is 0 Å². The SMILES string of the molecule is CCCCCCC(=O)N(CCCCC)CC(=O)Nc1ncc(C)s1. The van der Waals surface area contributed by atoms with Gasteiger partial charge in [0, 0.05) is 24.0 Å². The normalized spacial score (nSPS) is 10.6. The van der Waals surface area contributed by atoms with Crippen molar-refractivity contribution >= 4 is 28.3 Å². The fourth-order valence-corrected chi connectivity index (χ4v) is 3.13. The molecule has 2 amide bonds. The molecule has 0 aliphatic carbocycles. The van der Waals surface area contributed by atoms with Gasteiger partial charge in [-0.3, -0.25) is 9.59 Å². The Morgan fingerprint density at radius 1 is 1.12 bits per heavy atom. The summed E-state index contributed by atoms with van der Waals surface area (Å²) in [6, 6.07) is 0. The summed E-state index contributed by atoms with van der Waals surface area (Å²) < 4.78 is 0. The number of rotatable bonds is 12. The number of anilines is 1. The third kappa shape index (κ3) is 8.43. The first kappa shape index (κ1) is 20.6. The summed E-state index contributed by atoms with van der Waals surface area (Å²) in [5.74, 6) is -0.0737. The third-order valence-electron chi connectivity index (χ3n) is 3.83. The van der Waals surface area contributed by atoms with E-state index in [4.69, 9.17) is 0 Å². The molecule has 5 nitrogen and oxygen atoms in total. The van der Waals surface area contributed by atoms with Gasteiger partial charge in [-0.15, -0.1) is 11.3 Å². The van der Waals surface area contributed by atoms with Crippen molar-refractivity contribution in [1.29, 1.82) is 0 Å². The monoisotopic (exact) mass is 353 g/mol. The number of nitrogens with zero attached hydrogens (tertiary/aromatic N) is 2. The van der Waals surface area contributed by atoms with Crippen LogP contribution in [0, 0.1) is 6.92 Å². The summed E-state index contributed by atoms with van der Waals surface area (Å²) in [5.41, 5.74) is 0. The van der Waals surface area contributed by atoms with Crippen LogP contribution in [0.2, 0.25) is 0 Å². The molecule has 0 spiro atoms. The Morgan fingerprint density at radius 3 is 2.46 bits per heavy atom. The maximum Gasteiger partial charge on any atom is 0.245 e. The lowest BCUT2D eigenvalue weighted by Crippen LogP contribution is -2.38. The fourth-order valence-electron chi connectivity index (χ4n) is 2.45. The van der Waals surface area contributed by atoms with Crippen molar-refractivity contribution < 1.29 is 9.59 Å². The summed E-state index contributed by atoms with van der Waals surface area (Å²) in [7, 11) is 0. The van der Waals surface area contributed by atoms with Gasteiger partial charge in [0.05, 0.1) is 6.54 Å². The number of aryl methyl sites for hydroxylation is 1. The molecule has 0 aliphatic rings. The molecule has 1 heterocycles. The number of carbonyl (C=O) groups excluding carboxylic acids is 2. The molecular weight excluding hydrogens is 322 g/mol. The Kier molecular flexibility index (Phi) is 10.3. The van der Waals surface area contributed by atoms with E-state index in [1.54, 1.807) is 11.1 Å². The Morgan fingerprint density at radius 2 is 1.83 bits per heavy atom. The van der Waals surface area contributed by atoms with Crippen LogP contribution in [0.3, 0.4) is 0 Å². The minimum absolute atomic E-state index is 0.0904. The largest absolute Gasteiger partial charge is 0.333 e. The Balaban J connectivity index is 2.49. The van der Waals surface area contributed by atoms with Crippen LogP contribution in [-0.2, 0) is 9.59 Å². The second-order valence-corrected chi connectivity index (χ2v) is 7.39. The van der Waals surface area contributed by atoms with Crippen molar-refractivity contribution in [2.45, 2.75) is 72.1 Å². The van der Waals surface area contributed by atoms with Crippen molar-refractivity contribution in [3.05, 3.63) is 11.1 Å². The highest BCUT2D eigenvalue weighted by molar-refractivity contribution is 7.15. The number of nitrogens with one attached hydrogen (secondary N) is 1. The van der Waals surface area contributed by atoms with Gasteiger partial charge in [-0.2, -0.15) is 0 Å². The minimum Gasteiger partial charge on any atom is -0.333 e. The number of carbonyl (C=O) groups is 2. The van der Waals surface area contributed by atoms with Gasteiger partial charge in [0.1, 0.15) is 0 Å². The van der Waals surface area contributed by atoms with E-state index in [0.29, 0.717) is 18.1 Å². The van der Waals surface area contributed by atoms with Gasteiger partial charge in [-0.25, -0.2) is 4.98 Å². The highest BCUT2D eigenvalue weighted by atomic mass is 32.1. The summed E-state index contributed by atoms with van der Waals surface area (Å²) in [6.07, 6.45) is 9.70. The lowest BCUT2D eigenvalue weighted by Gasteiger charge is -2.22. The van der Waals surface area contributed by atoms with Crippen molar-refractivity contribution in [1.82, 2.24) is 9.88 Å². The minimum atomic E-state index is -0.164. The molecule has 0 aliphatic heterocycles. The number of hydrogen-bond donors (Lipinski definition) is 1. The summed E-state index contributed by atoms with van der Waals surface area (Å²) in [4.78, 5) is 31.5. The lowest BCUT2D eigenvalue weighted by atomic mass is 10.1. The highest BCUT2D eigenvalue weighted by Crippen LogP contribution is 2.16. The zero-order valence-electron chi connectivity index (χ0n) is 15.3. The molecule has 0 unspecified atom stereocenters. The zero-order valence-corrected chi connectivity index (χ0v) is 16.1. The average Bonchev–Trinajstić information content (AvgIpc) is 2.95. The smallest absolute Gasteiger partial charge is 0.245 e. The van der Waals surface area contributed by atoms with Crippen LogP contribution in [0.1, 0.15) is 70.1 Å². The third-order valence-corrected chi connectivity index (χ3v) is 4.66. The second-order valence-electron chi connectivity index (χ2n) is 6.16. The number of unbranched alkanes of at least 4 members (excludes halogenated alkanes) is 5. The molecule has 1 rings (SSSR count). The average molecular weight is 354 g/mol. The van der Waals surface area contributed by atoms with E-state index in [-0.39, 0.29) is 18.4 Å². The molecule has 1 N–H and O–H groups in total. The molecule has 0 atom stereocenters. The van der Waals surface area contributed by atoms with E-state index in [1.165, 1.54) is 11.3 Å². The first-order valence-electron chi connectivity index (χ1n) is 9.06. The molecule has 1 aromatic heterocycles. The molecule has 6 heteroatoms. The van der Waals surface area contributed by atoms with Crippen molar-refractivity contribution in [2.24, 2.45) is 0 Å². The van der Waals surface area contributed by atoms with Crippen molar-refractivity contribution in [3.8, 4) is 0 Å². The number of aromatic nitrogens is 1. The van der Waals surface area contributed by atoms with Gasteiger partial charge in [-0.1, -0.05) is 46.0 Å². The molecule has 24 heavy (non-hydrogen) atoms. The maximum absolute atomic E-state index is 12.4. The van der Waals surface area contributed by atoms with E-state index < -0.39 is 0 Å². The topological polar surface area (TPSA) is 62.3 Å². The first-order valence-corrected chi connectivity index (χ1v) is 9.88. The summed E-state index contributed by atoms with van der Waals surface area (Å²) >= 11 is 1.45. The summed E-state index contributed by atoms with van der Waals surface area (Å²) in [6.45, 7) is 7.02. The number of hydrogen-bond acceptors (Lipinski definition) is 4. The van der Waals surface area contributed by atoms with Crippen LogP contribution in [-0.4, -0.2) is 34.8 Å². The van der Waals surface area contributed by atoms with E-state index in [1.807, 2.05) is 6.92 Å². The predicted molar refractivity (Wildman–Crippen MR) is 100 cm³/mol. The van der Waals surface area contributed by atoms with Crippen LogP contribution < -0.4 is 5.32 Å². The molecule has 1 aromatic rings. The van der Waals surface area contributed by atoms with Gasteiger partial charge in [0.25, 0.3) is 0 Å². The maximum atomic E-state index is 12.4. The molecule has 0 radical (unpaired) electrons. The van der Waals surface area contributed by atoms with E-state index >= 15 is 0 Å². The fraction of sp³-hybridized carbons (Fsp3) is 0.722. The molecule has 0 bridgehead atoms. The summed E-state index contributed by atoms with van der Waals surface area (Å²) in [5, 5.41) is 3.39. The van der Waals surface area contributed by atoms with Gasteiger partial charge < -0.3 is 10.2 Å². The number of thiazole rings is 1. The van der Waals surface area contributed by atoms with Gasteiger partial charge in [0.2, 0.25) is 11.8 Å². The van der Waals surface area contributed by atoms with Gasteiger partial charge in [0.15, 0.2) is 5.13 Å². The molecule has 0 saturated heterocycles. The van der Waals surface area contributed by atoms with E-state index in [2.05, 4.69) is 24.1 Å². The quantitative estimate of drug-likeness (QED) is 0.567. The van der Waals surface area contributed by atoms with E-state index in [0.717, 1.165) is 49.8 Å².